The van der Waals surface area contributed by atoms with Crippen LogP contribution in [0.15, 0.2) is 60.7 Å². The van der Waals surface area contributed by atoms with Crippen LogP contribution in [0, 0.1) is 0 Å². The zero-order valence-corrected chi connectivity index (χ0v) is 19.5. The number of hydrogen-bond donors (Lipinski definition) is 1. The molecule has 0 saturated heterocycles. The van der Waals surface area contributed by atoms with Crippen molar-refractivity contribution in [3.63, 3.8) is 0 Å². The summed E-state index contributed by atoms with van der Waals surface area (Å²) in [5.74, 6) is 0. The van der Waals surface area contributed by atoms with Gasteiger partial charge in [0.15, 0.2) is 0 Å². The Bertz CT molecular complexity index is 559. The molecule has 1 N–H and O–H groups in total. The summed E-state index contributed by atoms with van der Waals surface area (Å²) in [6.07, 6.45) is 12.6. The largest absolute Gasteiger partial charge is 0.394 e. The molecule has 0 atom stereocenters. The number of hydrogen-bond acceptors (Lipinski definition) is 2. The molecular formula is C26H39BrO2. The molecule has 0 aliphatic rings. The summed E-state index contributed by atoms with van der Waals surface area (Å²) in [5.41, 5.74) is 2.90. The molecule has 0 unspecified atom stereocenters. The second-order valence-electron chi connectivity index (χ2n) is 7.32. The van der Waals surface area contributed by atoms with Crippen LogP contribution in [-0.2, 0) is 17.6 Å². The van der Waals surface area contributed by atoms with E-state index in [1.807, 2.05) is 0 Å². The highest BCUT2D eigenvalue weighted by atomic mass is 79.9. The fourth-order valence-corrected chi connectivity index (χ4v) is 3.52. The van der Waals surface area contributed by atoms with Crippen LogP contribution in [0.5, 0.6) is 0 Å². The van der Waals surface area contributed by atoms with Gasteiger partial charge in [-0.1, -0.05) is 102 Å². The number of unbranched alkanes of at least 4 members (excludes halogenated alkanes) is 6. The fraction of sp³-hybridized carbons (Fsp3) is 0.538. The lowest BCUT2D eigenvalue weighted by Crippen LogP contribution is -2.00. The number of ether oxygens (including phenoxy) is 1. The number of benzene rings is 2. The van der Waals surface area contributed by atoms with Gasteiger partial charge < -0.3 is 9.84 Å². The summed E-state index contributed by atoms with van der Waals surface area (Å²) in [6, 6.07) is 21.4. The van der Waals surface area contributed by atoms with Gasteiger partial charge in [0.2, 0.25) is 0 Å². The number of aliphatic hydroxyl groups is 1. The summed E-state index contributed by atoms with van der Waals surface area (Å²) >= 11 is 3.45. The van der Waals surface area contributed by atoms with Gasteiger partial charge in [0.1, 0.15) is 0 Å². The number of aliphatic hydroxyl groups excluding tert-OH is 1. The molecule has 2 aromatic carbocycles. The van der Waals surface area contributed by atoms with Gasteiger partial charge in [0.25, 0.3) is 0 Å². The van der Waals surface area contributed by atoms with E-state index < -0.39 is 0 Å². The molecule has 0 bridgehead atoms. The second-order valence-corrected chi connectivity index (χ2v) is 8.12. The van der Waals surface area contributed by atoms with E-state index in [0.717, 1.165) is 18.4 Å². The maximum atomic E-state index is 8.51. The van der Waals surface area contributed by atoms with Crippen LogP contribution in [0.1, 0.15) is 62.5 Å². The van der Waals surface area contributed by atoms with Crippen molar-refractivity contribution >= 4 is 15.9 Å². The van der Waals surface area contributed by atoms with Crippen molar-refractivity contribution in [2.75, 3.05) is 25.2 Å². The average Bonchev–Trinajstić information content (AvgIpc) is 2.77. The highest BCUT2D eigenvalue weighted by molar-refractivity contribution is 9.09. The van der Waals surface area contributed by atoms with Crippen molar-refractivity contribution in [2.24, 2.45) is 0 Å². The molecule has 3 heteroatoms. The Hall–Kier alpha value is -1.16. The first kappa shape index (κ1) is 25.9. The Morgan fingerprint density at radius 3 is 1.55 bits per heavy atom. The summed E-state index contributed by atoms with van der Waals surface area (Å²) in [7, 11) is 0. The molecule has 0 spiro atoms. The molecule has 0 aliphatic carbocycles. The van der Waals surface area contributed by atoms with Crippen molar-refractivity contribution in [2.45, 2.75) is 64.2 Å². The normalized spacial score (nSPS) is 10.4. The number of aryl methyl sites for hydroxylation is 2. The minimum absolute atomic E-state index is 0.133. The molecule has 29 heavy (non-hydrogen) atoms. The Balaban J connectivity index is 0.000000296. The molecular weight excluding hydrogens is 424 g/mol. The monoisotopic (exact) mass is 462 g/mol. The van der Waals surface area contributed by atoms with Crippen LogP contribution < -0.4 is 0 Å². The summed E-state index contributed by atoms with van der Waals surface area (Å²) in [6.45, 7) is 1.39. The third-order valence-corrected chi connectivity index (χ3v) is 5.34. The lowest BCUT2D eigenvalue weighted by Gasteiger charge is -2.03. The van der Waals surface area contributed by atoms with E-state index >= 15 is 0 Å². The molecule has 2 nitrogen and oxygen atoms in total. The third-order valence-electron chi connectivity index (χ3n) is 4.77. The summed E-state index contributed by atoms with van der Waals surface area (Å²) in [5, 5.41) is 9.66. The zero-order chi connectivity index (χ0) is 20.8. The van der Waals surface area contributed by atoms with Gasteiger partial charge in [-0.25, -0.2) is 0 Å². The van der Waals surface area contributed by atoms with Crippen molar-refractivity contribution in [1.29, 1.82) is 0 Å². The van der Waals surface area contributed by atoms with Crippen LogP contribution in [0.2, 0.25) is 0 Å². The minimum Gasteiger partial charge on any atom is -0.394 e. The van der Waals surface area contributed by atoms with E-state index in [1.54, 1.807) is 0 Å². The molecule has 0 heterocycles. The van der Waals surface area contributed by atoms with Crippen molar-refractivity contribution in [3.05, 3.63) is 71.8 Å². The molecule has 0 fully saturated rings. The van der Waals surface area contributed by atoms with Crippen molar-refractivity contribution in [1.82, 2.24) is 0 Å². The van der Waals surface area contributed by atoms with Gasteiger partial charge >= 0.3 is 0 Å². The van der Waals surface area contributed by atoms with E-state index in [9.17, 15) is 0 Å². The Kier molecular flexibility index (Phi) is 18.0. The number of alkyl halides is 1. The molecule has 162 valence electrons. The van der Waals surface area contributed by atoms with Crippen LogP contribution in [0.3, 0.4) is 0 Å². The zero-order valence-electron chi connectivity index (χ0n) is 17.9. The van der Waals surface area contributed by atoms with Crippen LogP contribution >= 0.6 is 15.9 Å². The van der Waals surface area contributed by atoms with Gasteiger partial charge in [-0.3, -0.25) is 0 Å². The lowest BCUT2D eigenvalue weighted by molar-refractivity contribution is 0.0895. The van der Waals surface area contributed by atoms with Gasteiger partial charge in [-0.05, 0) is 49.7 Å². The van der Waals surface area contributed by atoms with E-state index in [4.69, 9.17) is 9.84 Å². The second kappa shape index (κ2) is 20.1. The van der Waals surface area contributed by atoms with Crippen molar-refractivity contribution in [3.8, 4) is 0 Å². The van der Waals surface area contributed by atoms with Crippen LogP contribution in [-0.4, -0.2) is 30.3 Å². The van der Waals surface area contributed by atoms with Gasteiger partial charge in [-0.15, -0.1) is 0 Å². The molecule has 0 aromatic heterocycles. The fourth-order valence-electron chi connectivity index (χ4n) is 3.12. The maximum absolute atomic E-state index is 8.51. The van der Waals surface area contributed by atoms with Gasteiger partial charge in [0.05, 0.1) is 13.2 Å². The Morgan fingerprint density at radius 2 is 1.07 bits per heavy atom. The minimum atomic E-state index is 0.133. The van der Waals surface area contributed by atoms with Gasteiger partial charge in [0, 0.05) is 11.9 Å². The smallest absolute Gasteiger partial charge is 0.0697 e. The molecule has 2 rings (SSSR count). The first-order valence-electron chi connectivity index (χ1n) is 11.2. The van der Waals surface area contributed by atoms with E-state index in [-0.39, 0.29) is 6.61 Å². The third kappa shape index (κ3) is 16.3. The van der Waals surface area contributed by atoms with Crippen LogP contribution in [0.25, 0.3) is 0 Å². The number of rotatable bonds is 15. The Morgan fingerprint density at radius 1 is 0.586 bits per heavy atom. The molecule has 0 saturated carbocycles. The Labute approximate surface area is 186 Å². The van der Waals surface area contributed by atoms with Crippen LogP contribution in [0.4, 0.5) is 0 Å². The standard InChI is InChI=1S/C14H22O2.C12H17Br/c15-11-13-16-12-7-2-1-4-8-14-9-5-3-6-10-14;13-11-7-2-1-4-8-12-9-5-3-6-10-12/h3,5-6,9-10,15H,1-2,4,7-8,11-13H2;3,5-6,9-10H,1-2,4,7-8,11H2. The SMILES string of the molecule is BrCCCCCCc1ccccc1.OCCOCCCCCCc1ccccc1. The highest BCUT2D eigenvalue weighted by Gasteiger charge is 1.94. The first-order chi connectivity index (χ1) is 14.4. The summed E-state index contributed by atoms with van der Waals surface area (Å²) < 4.78 is 5.20. The van der Waals surface area contributed by atoms with Gasteiger partial charge in [-0.2, -0.15) is 0 Å². The molecule has 0 aliphatic heterocycles. The van der Waals surface area contributed by atoms with Crippen molar-refractivity contribution < 1.29 is 9.84 Å². The maximum Gasteiger partial charge on any atom is 0.0697 e. The van der Waals surface area contributed by atoms with E-state index in [2.05, 4.69) is 76.6 Å². The predicted octanol–water partition coefficient (Wildman–Crippen LogP) is 6.98. The number of halogens is 1. The quantitative estimate of drug-likeness (QED) is 0.228. The average molecular weight is 464 g/mol. The molecule has 0 radical (unpaired) electrons. The molecule has 2 aromatic rings. The topological polar surface area (TPSA) is 29.5 Å². The highest BCUT2D eigenvalue weighted by Crippen LogP contribution is 2.08. The molecule has 0 amide bonds. The van der Waals surface area contributed by atoms with E-state index in [0.29, 0.717) is 6.61 Å². The predicted molar refractivity (Wildman–Crippen MR) is 129 cm³/mol. The van der Waals surface area contributed by atoms with E-state index in [1.165, 1.54) is 68.9 Å². The summed E-state index contributed by atoms with van der Waals surface area (Å²) in [4.78, 5) is 0. The first-order valence-corrected chi connectivity index (χ1v) is 12.3. The lowest BCUT2D eigenvalue weighted by atomic mass is 10.1.